The van der Waals surface area contributed by atoms with Crippen LogP contribution in [0.25, 0.3) is 0 Å². The van der Waals surface area contributed by atoms with E-state index < -0.39 is 12.1 Å². The second kappa shape index (κ2) is 8.79. The summed E-state index contributed by atoms with van der Waals surface area (Å²) in [6, 6.07) is 21.1. The molecule has 0 radical (unpaired) electrons. The van der Waals surface area contributed by atoms with E-state index in [0.29, 0.717) is 30.3 Å². The second-order valence-corrected chi connectivity index (χ2v) is 7.18. The van der Waals surface area contributed by atoms with Gasteiger partial charge < -0.3 is 24.8 Å². The molecule has 1 aliphatic rings. The van der Waals surface area contributed by atoms with Gasteiger partial charge in [0.2, 0.25) is 0 Å². The van der Waals surface area contributed by atoms with E-state index in [9.17, 15) is 14.7 Å². The number of nitrogens with zero attached hydrogens (tertiary/aromatic N) is 1. The fraction of sp³-hybridized carbons (Fsp3) is 0.167. The highest BCUT2D eigenvalue weighted by Crippen LogP contribution is 2.32. The van der Waals surface area contributed by atoms with Crippen LogP contribution in [0.4, 0.5) is 10.5 Å². The summed E-state index contributed by atoms with van der Waals surface area (Å²) in [4.78, 5) is 26.1. The zero-order valence-corrected chi connectivity index (χ0v) is 16.9. The largest absolute Gasteiger partial charge is 0.497 e. The predicted octanol–water partition coefficient (Wildman–Crippen LogP) is 4.56. The number of rotatable bonds is 4. The zero-order chi connectivity index (χ0) is 21.8. The molecule has 0 fully saturated rings. The molecule has 2 N–H and O–H groups in total. The van der Waals surface area contributed by atoms with Gasteiger partial charge in [-0.1, -0.05) is 36.4 Å². The number of methoxy groups -OCH3 is 1. The number of benzene rings is 3. The maximum absolute atomic E-state index is 13.1. The molecule has 0 spiro atoms. The summed E-state index contributed by atoms with van der Waals surface area (Å²) in [5, 5.41) is 12.2. The Bertz CT molecular complexity index is 1080. The lowest BCUT2D eigenvalue weighted by atomic mass is 10.1. The van der Waals surface area contributed by atoms with Gasteiger partial charge in [-0.2, -0.15) is 0 Å². The number of anilines is 1. The van der Waals surface area contributed by atoms with Gasteiger partial charge >= 0.3 is 12.0 Å². The standard InChI is InChI=1S/C24H22N2O5/c1-30-20-11-9-19(10-12-20)25-24(29)26-14-18-8-7-17(23(27)28)13-21(18)31-22(15-26)16-5-3-2-4-6-16/h2-13,22H,14-15H2,1H3,(H,25,29)(H,27,28). The minimum atomic E-state index is -1.03. The number of amides is 2. The van der Waals surface area contributed by atoms with Crippen molar-refractivity contribution in [2.75, 3.05) is 19.0 Å². The normalized spacial score (nSPS) is 15.3. The minimum absolute atomic E-state index is 0.140. The van der Waals surface area contributed by atoms with Gasteiger partial charge in [0.1, 0.15) is 17.6 Å². The number of fused-ring (bicyclic) bond motifs is 1. The molecule has 2 amide bonds. The number of carboxylic acids is 1. The highest BCUT2D eigenvalue weighted by molar-refractivity contribution is 5.90. The van der Waals surface area contributed by atoms with Crippen molar-refractivity contribution in [1.29, 1.82) is 0 Å². The lowest BCUT2D eigenvalue weighted by Gasteiger charge is -2.24. The Morgan fingerprint density at radius 2 is 1.81 bits per heavy atom. The van der Waals surface area contributed by atoms with Gasteiger partial charge in [-0.3, -0.25) is 0 Å². The topological polar surface area (TPSA) is 88.1 Å². The van der Waals surface area contributed by atoms with Gasteiger partial charge in [-0.15, -0.1) is 0 Å². The van der Waals surface area contributed by atoms with E-state index in [1.807, 2.05) is 30.3 Å². The van der Waals surface area contributed by atoms with Crippen LogP contribution in [0.1, 0.15) is 27.6 Å². The molecule has 3 aromatic carbocycles. The Balaban J connectivity index is 1.63. The first-order chi connectivity index (χ1) is 15.0. The van der Waals surface area contributed by atoms with Gasteiger partial charge in [0.25, 0.3) is 0 Å². The first-order valence-electron chi connectivity index (χ1n) is 9.81. The van der Waals surface area contributed by atoms with Crippen LogP contribution >= 0.6 is 0 Å². The number of aromatic carboxylic acids is 1. The summed E-state index contributed by atoms with van der Waals surface area (Å²) < 4.78 is 11.3. The summed E-state index contributed by atoms with van der Waals surface area (Å²) in [6.45, 7) is 0.601. The highest BCUT2D eigenvalue weighted by Gasteiger charge is 2.28. The Hall–Kier alpha value is -4.00. The number of hydrogen-bond donors (Lipinski definition) is 2. The van der Waals surface area contributed by atoms with Crippen molar-refractivity contribution in [2.24, 2.45) is 0 Å². The minimum Gasteiger partial charge on any atom is -0.497 e. The van der Waals surface area contributed by atoms with Gasteiger partial charge in [0.05, 0.1) is 25.8 Å². The van der Waals surface area contributed by atoms with Gasteiger partial charge in [0.15, 0.2) is 0 Å². The second-order valence-electron chi connectivity index (χ2n) is 7.18. The van der Waals surface area contributed by atoms with Crippen molar-refractivity contribution in [3.05, 3.63) is 89.5 Å². The Morgan fingerprint density at radius 3 is 2.48 bits per heavy atom. The summed E-state index contributed by atoms with van der Waals surface area (Å²) in [6.07, 6.45) is -0.437. The maximum Gasteiger partial charge on any atom is 0.335 e. The Morgan fingerprint density at radius 1 is 1.06 bits per heavy atom. The van der Waals surface area contributed by atoms with Gasteiger partial charge in [0, 0.05) is 11.3 Å². The van der Waals surface area contributed by atoms with E-state index in [2.05, 4.69) is 5.32 Å². The van der Waals surface area contributed by atoms with Crippen molar-refractivity contribution in [1.82, 2.24) is 4.90 Å². The Kier molecular flexibility index (Phi) is 5.75. The zero-order valence-electron chi connectivity index (χ0n) is 16.9. The quantitative estimate of drug-likeness (QED) is 0.648. The van der Waals surface area contributed by atoms with E-state index >= 15 is 0 Å². The molecule has 7 nitrogen and oxygen atoms in total. The molecule has 1 unspecified atom stereocenters. The van der Waals surface area contributed by atoms with Crippen LogP contribution in [0.5, 0.6) is 11.5 Å². The molecular weight excluding hydrogens is 396 g/mol. The van der Waals surface area contributed by atoms with Crippen LogP contribution in [0, 0.1) is 0 Å². The summed E-state index contributed by atoms with van der Waals surface area (Å²) in [5.41, 5.74) is 2.43. The van der Waals surface area contributed by atoms with E-state index in [-0.39, 0.29) is 11.6 Å². The van der Waals surface area contributed by atoms with Crippen LogP contribution in [-0.4, -0.2) is 35.7 Å². The number of carbonyl (C=O) groups excluding carboxylic acids is 1. The summed E-state index contributed by atoms with van der Waals surface area (Å²) >= 11 is 0. The molecule has 31 heavy (non-hydrogen) atoms. The number of carboxylic acid groups (broad SMARTS) is 1. The number of carbonyl (C=O) groups is 2. The maximum atomic E-state index is 13.1. The number of hydrogen-bond acceptors (Lipinski definition) is 4. The predicted molar refractivity (Wildman–Crippen MR) is 116 cm³/mol. The van der Waals surface area contributed by atoms with Crippen molar-refractivity contribution in [2.45, 2.75) is 12.6 Å². The van der Waals surface area contributed by atoms with Gasteiger partial charge in [-0.05, 0) is 42.0 Å². The fourth-order valence-corrected chi connectivity index (χ4v) is 3.46. The van der Waals surface area contributed by atoms with Crippen molar-refractivity contribution in [3.8, 4) is 11.5 Å². The van der Waals surface area contributed by atoms with E-state index in [1.165, 1.54) is 12.1 Å². The van der Waals surface area contributed by atoms with Crippen molar-refractivity contribution < 1.29 is 24.2 Å². The molecule has 1 atom stereocenters. The van der Waals surface area contributed by atoms with Crippen LogP contribution in [0.15, 0.2) is 72.8 Å². The molecule has 0 aromatic heterocycles. The molecule has 1 heterocycles. The fourth-order valence-electron chi connectivity index (χ4n) is 3.46. The molecule has 3 aromatic rings. The first-order valence-corrected chi connectivity index (χ1v) is 9.81. The van der Waals surface area contributed by atoms with E-state index in [1.54, 1.807) is 42.3 Å². The number of urea groups is 1. The average molecular weight is 418 g/mol. The van der Waals surface area contributed by atoms with Gasteiger partial charge in [-0.25, -0.2) is 9.59 Å². The molecule has 158 valence electrons. The smallest absolute Gasteiger partial charge is 0.335 e. The van der Waals surface area contributed by atoms with Crippen LogP contribution in [-0.2, 0) is 6.54 Å². The third-order valence-electron chi connectivity index (χ3n) is 5.13. The number of ether oxygens (including phenoxy) is 2. The van der Waals surface area contributed by atoms with Crippen LogP contribution in [0.2, 0.25) is 0 Å². The first kappa shape index (κ1) is 20.3. The third-order valence-corrected chi connectivity index (χ3v) is 5.13. The SMILES string of the molecule is COc1ccc(NC(=O)N2Cc3ccc(C(=O)O)cc3OC(c3ccccc3)C2)cc1. The molecule has 4 rings (SSSR count). The van der Waals surface area contributed by atoms with E-state index in [4.69, 9.17) is 9.47 Å². The Labute approximate surface area is 179 Å². The molecule has 7 heteroatoms. The molecular formula is C24H22N2O5. The van der Waals surface area contributed by atoms with Crippen molar-refractivity contribution >= 4 is 17.7 Å². The molecule has 0 aliphatic carbocycles. The lowest BCUT2D eigenvalue weighted by Crippen LogP contribution is -2.37. The number of nitrogens with one attached hydrogen (secondary N) is 1. The van der Waals surface area contributed by atoms with Crippen molar-refractivity contribution in [3.63, 3.8) is 0 Å². The monoisotopic (exact) mass is 418 g/mol. The summed E-state index contributed by atoms with van der Waals surface area (Å²) in [5.74, 6) is 0.142. The van der Waals surface area contributed by atoms with Crippen LogP contribution in [0.3, 0.4) is 0 Å². The molecule has 0 bridgehead atoms. The average Bonchev–Trinajstić information content (AvgIpc) is 2.99. The van der Waals surface area contributed by atoms with E-state index in [0.717, 1.165) is 11.1 Å². The molecule has 0 saturated carbocycles. The highest BCUT2D eigenvalue weighted by atomic mass is 16.5. The third kappa shape index (κ3) is 4.61. The lowest BCUT2D eigenvalue weighted by molar-refractivity contribution is 0.0696. The van der Waals surface area contributed by atoms with Crippen LogP contribution < -0.4 is 14.8 Å². The molecule has 1 aliphatic heterocycles. The molecule has 0 saturated heterocycles. The summed E-state index contributed by atoms with van der Waals surface area (Å²) in [7, 11) is 1.59.